The Morgan fingerprint density at radius 3 is 2.52 bits per heavy atom. The number of aryl methyl sites for hydroxylation is 1. The average molecular weight is 365 g/mol. The zero-order valence-electron chi connectivity index (χ0n) is 15.0. The van der Waals surface area contributed by atoms with Gasteiger partial charge in [-0.05, 0) is 30.2 Å². The van der Waals surface area contributed by atoms with Crippen molar-refractivity contribution in [2.45, 2.75) is 26.2 Å². The molecule has 27 heavy (non-hydrogen) atoms. The fraction of sp³-hybridized carbons (Fsp3) is 0.190. The van der Waals surface area contributed by atoms with Crippen molar-refractivity contribution in [3.63, 3.8) is 0 Å². The van der Waals surface area contributed by atoms with Crippen LogP contribution >= 0.6 is 0 Å². The quantitative estimate of drug-likeness (QED) is 0.639. The number of hydrogen-bond donors (Lipinski definition) is 1. The van der Waals surface area contributed by atoms with Gasteiger partial charge in [0.2, 0.25) is 5.91 Å². The molecule has 0 aliphatic heterocycles. The molecule has 0 unspecified atom stereocenters. The molecule has 1 amide bonds. The molecule has 1 aromatic heterocycles. The van der Waals surface area contributed by atoms with E-state index in [1.54, 1.807) is 41.2 Å². The first-order valence-electron chi connectivity index (χ1n) is 8.76. The van der Waals surface area contributed by atoms with E-state index < -0.39 is 5.82 Å². The molecule has 0 spiro atoms. The summed E-state index contributed by atoms with van der Waals surface area (Å²) < 4.78 is 15.8. The minimum absolute atomic E-state index is 0.0409. The minimum atomic E-state index is -0.474. The lowest BCUT2D eigenvalue weighted by Crippen LogP contribution is -2.14. The van der Waals surface area contributed by atoms with E-state index >= 15 is 0 Å². The Bertz CT molecular complexity index is 935. The Kier molecular flexibility index (Phi) is 5.76. The molecule has 0 saturated carbocycles. The summed E-state index contributed by atoms with van der Waals surface area (Å²) in [5.41, 5.74) is 2.44. The minimum Gasteiger partial charge on any atom is -0.326 e. The van der Waals surface area contributed by atoms with Gasteiger partial charge in [0, 0.05) is 36.5 Å². The van der Waals surface area contributed by atoms with Gasteiger partial charge in [-0.3, -0.25) is 9.59 Å². The second-order valence-electron chi connectivity index (χ2n) is 6.16. The van der Waals surface area contributed by atoms with Gasteiger partial charge in [0.25, 0.3) is 0 Å². The molecular formula is C21H20FN3O2. The summed E-state index contributed by atoms with van der Waals surface area (Å²) in [5, 5.41) is 2.62. The number of nitrogens with one attached hydrogen (secondary N) is 1. The Morgan fingerprint density at radius 1 is 1.11 bits per heavy atom. The summed E-state index contributed by atoms with van der Waals surface area (Å²) in [5.74, 6) is -0.893. The molecule has 0 bridgehead atoms. The van der Waals surface area contributed by atoms with Crippen molar-refractivity contribution in [3.05, 3.63) is 78.1 Å². The molecule has 0 aliphatic rings. The first-order valence-corrected chi connectivity index (χ1v) is 8.76. The lowest BCUT2D eigenvalue weighted by atomic mass is 10.0. The number of carbonyl (C=O) groups is 2. The largest absolute Gasteiger partial charge is 0.326 e. The maximum Gasteiger partial charge on any atom is 0.224 e. The number of aromatic nitrogens is 2. The van der Waals surface area contributed by atoms with E-state index in [2.05, 4.69) is 10.3 Å². The molecule has 0 fully saturated rings. The predicted molar refractivity (Wildman–Crippen MR) is 102 cm³/mol. The standard InChI is InChI=1S/C21H20FN3O2/c1-2-15-3-5-16(6-4-15)20(26)9-10-21(27)24-17-7-8-19(18(22)13-17)25-12-11-23-14-25/h3-8,11-14H,2,9-10H2,1H3,(H,24,27). The number of benzene rings is 2. The van der Waals surface area contributed by atoms with E-state index in [1.165, 1.54) is 12.4 Å². The fourth-order valence-electron chi connectivity index (χ4n) is 2.72. The number of anilines is 1. The van der Waals surface area contributed by atoms with Crippen LogP contribution in [-0.4, -0.2) is 21.2 Å². The Labute approximate surface area is 156 Å². The van der Waals surface area contributed by atoms with Gasteiger partial charge < -0.3 is 9.88 Å². The third-order valence-corrected chi connectivity index (χ3v) is 4.28. The monoisotopic (exact) mass is 365 g/mol. The van der Waals surface area contributed by atoms with Crippen LogP contribution in [0.15, 0.2) is 61.2 Å². The van der Waals surface area contributed by atoms with Crippen LogP contribution in [0.25, 0.3) is 5.69 Å². The number of halogens is 1. The van der Waals surface area contributed by atoms with Gasteiger partial charge in [0.05, 0.1) is 12.0 Å². The van der Waals surface area contributed by atoms with E-state index in [0.29, 0.717) is 16.9 Å². The van der Waals surface area contributed by atoms with Crippen molar-refractivity contribution in [3.8, 4) is 5.69 Å². The van der Waals surface area contributed by atoms with Crippen molar-refractivity contribution >= 4 is 17.4 Å². The van der Waals surface area contributed by atoms with Crippen molar-refractivity contribution in [1.29, 1.82) is 0 Å². The highest BCUT2D eigenvalue weighted by Crippen LogP contribution is 2.18. The van der Waals surface area contributed by atoms with E-state index in [1.807, 2.05) is 19.1 Å². The van der Waals surface area contributed by atoms with E-state index in [4.69, 9.17) is 0 Å². The first-order chi connectivity index (χ1) is 13.1. The van der Waals surface area contributed by atoms with Gasteiger partial charge in [0.15, 0.2) is 5.78 Å². The maximum absolute atomic E-state index is 14.2. The molecular weight excluding hydrogens is 345 g/mol. The molecule has 2 aromatic carbocycles. The molecule has 3 aromatic rings. The average Bonchev–Trinajstić information content (AvgIpc) is 3.20. The Balaban J connectivity index is 1.56. The van der Waals surface area contributed by atoms with Gasteiger partial charge in [-0.15, -0.1) is 0 Å². The third-order valence-electron chi connectivity index (χ3n) is 4.28. The zero-order chi connectivity index (χ0) is 19.2. The highest BCUT2D eigenvalue weighted by Gasteiger charge is 2.11. The van der Waals surface area contributed by atoms with E-state index in [9.17, 15) is 14.0 Å². The molecule has 1 N–H and O–H groups in total. The molecule has 1 heterocycles. The normalized spacial score (nSPS) is 10.6. The molecule has 0 saturated heterocycles. The van der Waals surface area contributed by atoms with Crippen LogP contribution < -0.4 is 5.32 Å². The second kappa shape index (κ2) is 8.40. The number of amides is 1. The lowest BCUT2D eigenvalue weighted by molar-refractivity contribution is -0.116. The number of Topliss-reactive ketones (excluding diaryl/α,β-unsaturated/α-hetero) is 1. The molecule has 0 radical (unpaired) electrons. The van der Waals surface area contributed by atoms with Crippen molar-refractivity contribution in [2.24, 2.45) is 0 Å². The summed E-state index contributed by atoms with van der Waals surface area (Å²) in [6, 6.07) is 11.8. The van der Waals surface area contributed by atoms with Crippen LogP contribution in [0.3, 0.4) is 0 Å². The van der Waals surface area contributed by atoms with Gasteiger partial charge in [-0.2, -0.15) is 0 Å². The zero-order valence-corrected chi connectivity index (χ0v) is 15.0. The highest BCUT2D eigenvalue weighted by molar-refractivity contribution is 6.00. The number of nitrogens with zero attached hydrogens (tertiary/aromatic N) is 2. The van der Waals surface area contributed by atoms with Crippen LogP contribution in [0.5, 0.6) is 0 Å². The number of ketones is 1. The number of rotatable bonds is 7. The summed E-state index contributed by atoms with van der Waals surface area (Å²) in [6.07, 6.45) is 5.74. The van der Waals surface area contributed by atoms with Gasteiger partial charge in [-0.1, -0.05) is 31.2 Å². The van der Waals surface area contributed by atoms with E-state index in [0.717, 1.165) is 12.0 Å². The molecule has 3 rings (SSSR count). The predicted octanol–water partition coefficient (Wildman–Crippen LogP) is 4.18. The molecule has 5 nitrogen and oxygen atoms in total. The molecule has 138 valence electrons. The number of imidazole rings is 1. The highest BCUT2D eigenvalue weighted by atomic mass is 19.1. The summed E-state index contributed by atoms with van der Waals surface area (Å²) >= 11 is 0. The van der Waals surface area contributed by atoms with Crippen LogP contribution in [0.2, 0.25) is 0 Å². The van der Waals surface area contributed by atoms with Crippen molar-refractivity contribution in [1.82, 2.24) is 9.55 Å². The maximum atomic E-state index is 14.2. The van der Waals surface area contributed by atoms with Crippen molar-refractivity contribution < 1.29 is 14.0 Å². The van der Waals surface area contributed by atoms with Gasteiger partial charge in [0.1, 0.15) is 5.82 Å². The van der Waals surface area contributed by atoms with Crippen molar-refractivity contribution in [2.75, 3.05) is 5.32 Å². The van der Waals surface area contributed by atoms with Crippen LogP contribution in [-0.2, 0) is 11.2 Å². The van der Waals surface area contributed by atoms with Gasteiger partial charge >= 0.3 is 0 Å². The molecule has 0 atom stereocenters. The molecule has 6 heteroatoms. The summed E-state index contributed by atoms with van der Waals surface area (Å²) in [6.45, 7) is 2.05. The lowest BCUT2D eigenvalue weighted by Gasteiger charge is -2.08. The first kappa shape index (κ1) is 18.5. The smallest absolute Gasteiger partial charge is 0.224 e. The number of carbonyl (C=O) groups excluding carboxylic acids is 2. The van der Waals surface area contributed by atoms with Crippen LogP contribution in [0.1, 0.15) is 35.7 Å². The molecule has 0 aliphatic carbocycles. The Morgan fingerprint density at radius 2 is 1.89 bits per heavy atom. The number of hydrogen-bond acceptors (Lipinski definition) is 3. The van der Waals surface area contributed by atoms with Crippen LogP contribution in [0, 0.1) is 5.82 Å². The van der Waals surface area contributed by atoms with E-state index in [-0.39, 0.29) is 24.5 Å². The topological polar surface area (TPSA) is 64.0 Å². The third kappa shape index (κ3) is 4.67. The Hall–Kier alpha value is -3.28. The van der Waals surface area contributed by atoms with Gasteiger partial charge in [-0.25, -0.2) is 9.37 Å². The van der Waals surface area contributed by atoms with Crippen LogP contribution in [0.4, 0.5) is 10.1 Å². The summed E-state index contributed by atoms with van der Waals surface area (Å²) in [4.78, 5) is 28.1. The summed E-state index contributed by atoms with van der Waals surface area (Å²) in [7, 11) is 0. The fourth-order valence-corrected chi connectivity index (χ4v) is 2.72. The second-order valence-corrected chi connectivity index (χ2v) is 6.16. The SMILES string of the molecule is CCc1ccc(C(=O)CCC(=O)Nc2ccc(-n3ccnc3)c(F)c2)cc1.